The lowest BCUT2D eigenvalue weighted by Crippen LogP contribution is -2.33. The molecular formula is C61H47N5. The maximum absolute atomic E-state index is 5.41. The maximum Gasteiger partial charge on any atom is 0.238 e. The molecule has 3 heterocycles. The Morgan fingerprint density at radius 3 is 1.73 bits per heavy atom. The van der Waals surface area contributed by atoms with Gasteiger partial charge in [0.05, 0.1) is 22.1 Å². The third-order valence-corrected chi connectivity index (χ3v) is 14.6. The Morgan fingerprint density at radius 2 is 0.955 bits per heavy atom. The molecule has 316 valence electrons. The van der Waals surface area contributed by atoms with Crippen molar-refractivity contribution in [2.75, 3.05) is 0 Å². The predicted octanol–water partition coefficient (Wildman–Crippen LogP) is 15.7. The topological polar surface area (TPSA) is 48.5 Å². The molecule has 0 bridgehead atoms. The minimum atomic E-state index is 0.0512. The number of fused-ring (bicyclic) bond motifs is 10. The summed E-state index contributed by atoms with van der Waals surface area (Å²) in [5.74, 6) is 1.83. The van der Waals surface area contributed by atoms with Crippen LogP contribution in [0.25, 0.3) is 111 Å². The first-order valence-corrected chi connectivity index (χ1v) is 23.2. The molecule has 1 aliphatic carbocycles. The van der Waals surface area contributed by atoms with E-state index in [1.165, 1.54) is 60.0 Å². The number of rotatable bonds is 5. The van der Waals surface area contributed by atoms with Crippen molar-refractivity contribution < 1.29 is 0 Å². The minimum Gasteiger partial charge on any atom is -0.309 e. The summed E-state index contributed by atoms with van der Waals surface area (Å²) in [6, 6.07) is 68.0. The van der Waals surface area contributed by atoms with Crippen LogP contribution < -0.4 is 0 Å². The molecule has 0 spiro atoms. The van der Waals surface area contributed by atoms with Crippen molar-refractivity contribution in [3.05, 3.63) is 199 Å². The first-order valence-electron chi connectivity index (χ1n) is 23.2. The molecular weight excluding hydrogens is 803 g/mol. The number of aromatic nitrogens is 5. The quantitative estimate of drug-likeness (QED) is 0.173. The average Bonchev–Trinajstić information content (AvgIpc) is 3.87. The van der Waals surface area contributed by atoms with Crippen LogP contribution in [0.3, 0.4) is 0 Å². The fraction of sp³-hybridized carbons (Fsp3) is 0.131. The van der Waals surface area contributed by atoms with Gasteiger partial charge in [0.25, 0.3) is 0 Å². The first kappa shape index (κ1) is 38.6. The fourth-order valence-corrected chi connectivity index (χ4v) is 11.0. The van der Waals surface area contributed by atoms with E-state index in [9.17, 15) is 0 Å². The van der Waals surface area contributed by atoms with Crippen molar-refractivity contribution in [2.45, 2.75) is 51.4 Å². The maximum atomic E-state index is 5.41. The highest BCUT2D eigenvalue weighted by atomic mass is 15.2. The summed E-state index contributed by atoms with van der Waals surface area (Å²) in [6.07, 6.45) is 2.31. The smallest absolute Gasteiger partial charge is 0.238 e. The standard InChI is InChI=1S/C61H47N5/c1-60(2)33-34-61(3,4)50-37-54-48(36-49(50)60)56-52(65(54)44-19-6-5-7-20-44)31-32-53-55(56)47-22-12-13-24-51(47)66(53)59-63-57(62-58(64-59)43-30-25-38-15-8-9-17-42(38)35-43)41-28-26-40(27-29-41)46-23-14-18-39-16-10-11-21-45(39)46/h5-32,35-37H,33-34H2,1-4H3. The third-order valence-electron chi connectivity index (χ3n) is 14.6. The van der Waals surface area contributed by atoms with Gasteiger partial charge >= 0.3 is 0 Å². The van der Waals surface area contributed by atoms with Crippen molar-refractivity contribution in [1.82, 2.24) is 24.1 Å². The first-order chi connectivity index (χ1) is 32.2. The molecule has 0 saturated heterocycles. The van der Waals surface area contributed by atoms with Gasteiger partial charge in [-0.15, -0.1) is 0 Å². The van der Waals surface area contributed by atoms with E-state index in [1.807, 2.05) is 0 Å². The Hall–Kier alpha value is -7.89. The van der Waals surface area contributed by atoms with Gasteiger partial charge in [-0.2, -0.15) is 9.97 Å². The van der Waals surface area contributed by atoms with Crippen LogP contribution in [0.4, 0.5) is 0 Å². The summed E-state index contributed by atoms with van der Waals surface area (Å²) < 4.78 is 4.75. The largest absolute Gasteiger partial charge is 0.309 e. The highest BCUT2D eigenvalue weighted by molar-refractivity contribution is 6.29. The molecule has 13 rings (SSSR count). The second-order valence-electron chi connectivity index (χ2n) is 19.5. The van der Waals surface area contributed by atoms with Crippen LogP contribution in [0.1, 0.15) is 51.7 Å². The van der Waals surface area contributed by atoms with Gasteiger partial charge in [0.15, 0.2) is 11.6 Å². The van der Waals surface area contributed by atoms with Crippen molar-refractivity contribution >= 4 is 65.2 Å². The van der Waals surface area contributed by atoms with E-state index in [1.54, 1.807) is 0 Å². The lowest BCUT2D eigenvalue weighted by molar-refractivity contribution is 0.332. The highest BCUT2D eigenvalue weighted by Gasteiger charge is 2.38. The summed E-state index contributed by atoms with van der Waals surface area (Å²) in [7, 11) is 0. The SMILES string of the molecule is CC1(C)CCC(C)(C)c2cc3c(cc21)c1c2c4ccccc4n(-c4nc(-c5ccc(-c6cccc7ccccc67)cc5)nc(-c5ccc6ccccc6c5)n4)c2ccc1n3-c1ccccc1. The number of benzene rings is 9. The van der Waals surface area contributed by atoms with E-state index in [0.717, 1.165) is 57.0 Å². The average molecular weight is 850 g/mol. The minimum absolute atomic E-state index is 0.0512. The van der Waals surface area contributed by atoms with Crippen molar-refractivity contribution in [3.8, 4) is 45.5 Å². The Kier molecular flexibility index (Phi) is 8.36. The summed E-state index contributed by atoms with van der Waals surface area (Å²) in [5, 5.41) is 9.65. The van der Waals surface area contributed by atoms with Gasteiger partial charge in [0.2, 0.25) is 5.95 Å². The molecule has 9 aromatic carbocycles. The van der Waals surface area contributed by atoms with Crippen molar-refractivity contribution in [3.63, 3.8) is 0 Å². The molecule has 0 radical (unpaired) electrons. The Morgan fingerprint density at radius 1 is 0.379 bits per heavy atom. The van der Waals surface area contributed by atoms with E-state index in [4.69, 9.17) is 15.0 Å². The third kappa shape index (κ3) is 5.89. The van der Waals surface area contributed by atoms with Crippen LogP contribution in [-0.4, -0.2) is 24.1 Å². The van der Waals surface area contributed by atoms with E-state index in [-0.39, 0.29) is 10.8 Å². The molecule has 0 aliphatic heterocycles. The fourth-order valence-electron chi connectivity index (χ4n) is 11.0. The molecule has 66 heavy (non-hydrogen) atoms. The van der Waals surface area contributed by atoms with Crippen LogP contribution in [0.15, 0.2) is 188 Å². The second kappa shape index (κ2) is 14.3. The molecule has 0 atom stereocenters. The second-order valence-corrected chi connectivity index (χ2v) is 19.5. The van der Waals surface area contributed by atoms with E-state index in [2.05, 4.69) is 225 Å². The molecule has 0 saturated carbocycles. The Bertz CT molecular complexity index is 3920. The molecule has 0 unspecified atom stereocenters. The van der Waals surface area contributed by atoms with Crippen LogP contribution in [0, 0.1) is 0 Å². The van der Waals surface area contributed by atoms with Crippen molar-refractivity contribution in [2.24, 2.45) is 0 Å². The van der Waals surface area contributed by atoms with Gasteiger partial charge < -0.3 is 4.57 Å². The Labute approximate surface area is 383 Å². The zero-order valence-corrected chi connectivity index (χ0v) is 37.5. The molecule has 12 aromatic rings. The molecule has 0 amide bonds. The van der Waals surface area contributed by atoms with Crippen molar-refractivity contribution in [1.29, 1.82) is 0 Å². The van der Waals surface area contributed by atoms with E-state index >= 15 is 0 Å². The molecule has 5 nitrogen and oxygen atoms in total. The van der Waals surface area contributed by atoms with Crippen LogP contribution >= 0.6 is 0 Å². The van der Waals surface area contributed by atoms with Gasteiger partial charge in [-0.3, -0.25) is 4.57 Å². The zero-order chi connectivity index (χ0) is 44.3. The number of hydrogen-bond donors (Lipinski definition) is 0. The number of para-hydroxylation sites is 2. The highest BCUT2D eigenvalue weighted by Crippen LogP contribution is 2.50. The zero-order valence-electron chi connectivity index (χ0n) is 37.5. The summed E-state index contributed by atoms with van der Waals surface area (Å²) in [4.78, 5) is 16.1. The normalized spacial score (nSPS) is 14.5. The molecule has 1 aliphatic rings. The lowest BCUT2D eigenvalue weighted by atomic mass is 9.63. The molecule has 0 fully saturated rings. The molecule has 3 aromatic heterocycles. The number of hydrogen-bond acceptors (Lipinski definition) is 3. The van der Waals surface area contributed by atoms with Gasteiger partial charge in [-0.05, 0) is 116 Å². The van der Waals surface area contributed by atoms with Gasteiger partial charge in [-0.1, -0.05) is 167 Å². The van der Waals surface area contributed by atoms with Crippen LogP contribution in [0.2, 0.25) is 0 Å². The Balaban J connectivity index is 1.08. The van der Waals surface area contributed by atoms with Gasteiger partial charge in [-0.25, -0.2) is 4.98 Å². The molecule has 5 heteroatoms. The lowest BCUT2D eigenvalue weighted by Gasteiger charge is -2.42. The summed E-state index contributed by atoms with van der Waals surface area (Å²) >= 11 is 0. The van der Waals surface area contributed by atoms with E-state index in [0.29, 0.717) is 17.6 Å². The van der Waals surface area contributed by atoms with Crippen LogP contribution in [0.5, 0.6) is 0 Å². The van der Waals surface area contributed by atoms with Gasteiger partial charge in [0, 0.05) is 38.4 Å². The van der Waals surface area contributed by atoms with Gasteiger partial charge in [0.1, 0.15) is 0 Å². The molecule has 0 N–H and O–H groups in total. The predicted molar refractivity (Wildman–Crippen MR) is 275 cm³/mol. The van der Waals surface area contributed by atoms with E-state index < -0.39 is 0 Å². The number of nitrogens with zero attached hydrogens (tertiary/aromatic N) is 5. The summed E-state index contributed by atoms with van der Waals surface area (Å²) in [5.41, 5.74) is 12.9. The van der Waals surface area contributed by atoms with Crippen LogP contribution in [-0.2, 0) is 10.8 Å². The summed E-state index contributed by atoms with van der Waals surface area (Å²) in [6.45, 7) is 9.69. The monoisotopic (exact) mass is 849 g/mol.